The molecule has 0 saturated carbocycles. The average Bonchev–Trinajstić information content (AvgIpc) is 3.58. The molecule has 0 atom stereocenters. The minimum absolute atomic E-state index is 0.687. The number of benzene rings is 8. The van der Waals surface area contributed by atoms with E-state index in [1.54, 1.807) is 0 Å². The fraction of sp³-hybridized carbons (Fsp3) is 0. The Morgan fingerprint density at radius 3 is 1.71 bits per heavy atom. The molecule has 8 aromatic carbocycles. The number of aromatic nitrogens is 2. The third kappa shape index (κ3) is 5.06. The van der Waals surface area contributed by atoms with E-state index in [2.05, 4.69) is 146 Å². The number of hydrogen-bond donors (Lipinski definition) is 0. The Morgan fingerprint density at radius 1 is 0.353 bits per heavy atom. The number of rotatable bonds is 5. The molecule has 0 radical (unpaired) electrons. The first-order chi connectivity index (χ1) is 25.3. The molecule has 0 aliphatic heterocycles. The molecule has 0 aliphatic rings. The fourth-order valence-electron chi connectivity index (χ4n) is 7.37. The van der Waals surface area contributed by atoms with Crippen LogP contribution in [0.5, 0.6) is 0 Å². The van der Waals surface area contributed by atoms with Gasteiger partial charge in [0, 0.05) is 33.0 Å². The predicted octanol–water partition coefficient (Wildman–Crippen LogP) is 13.0. The Bertz CT molecular complexity index is 2830. The van der Waals surface area contributed by atoms with E-state index in [4.69, 9.17) is 14.4 Å². The molecule has 0 unspecified atom stereocenters. The Labute approximate surface area is 295 Å². The van der Waals surface area contributed by atoms with Crippen molar-refractivity contribution >= 4 is 43.5 Å². The summed E-state index contributed by atoms with van der Waals surface area (Å²) in [6.45, 7) is 0. The molecular formula is C48H30N2O. The maximum absolute atomic E-state index is 6.87. The van der Waals surface area contributed by atoms with Crippen molar-refractivity contribution in [3.8, 4) is 56.2 Å². The predicted molar refractivity (Wildman–Crippen MR) is 212 cm³/mol. The van der Waals surface area contributed by atoms with Crippen molar-refractivity contribution in [2.45, 2.75) is 0 Å². The summed E-state index contributed by atoms with van der Waals surface area (Å²) in [6.07, 6.45) is 0. The highest BCUT2D eigenvalue weighted by atomic mass is 16.3. The second-order valence-electron chi connectivity index (χ2n) is 13.0. The van der Waals surface area contributed by atoms with Gasteiger partial charge in [-0.3, -0.25) is 0 Å². The summed E-state index contributed by atoms with van der Waals surface area (Å²) < 4.78 is 6.87. The highest BCUT2D eigenvalue weighted by molar-refractivity contribution is 6.18. The van der Waals surface area contributed by atoms with Gasteiger partial charge in [-0.2, -0.15) is 0 Å². The first kappa shape index (κ1) is 29.1. The van der Waals surface area contributed by atoms with Crippen molar-refractivity contribution in [2.24, 2.45) is 0 Å². The van der Waals surface area contributed by atoms with Crippen LogP contribution in [0.15, 0.2) is 186 Å². The fourth-order valence-corrected chi connectivity index (χ4v) is 7.37. The summed E-state index contributed by atoms with van der Waals surface area (Å²) >= 11 is 0. The van der Waals surface area contributed by atoms with Gasteiger partial charge in [-0.15, -0.1) is 0 Å². The maximum atomic E-state index is 6.87. The van der Waals surface area contributed by atoms with Gasteiger partial charge in [0.1, 0.15) is 11.2 Å². The van der Waals surface area contributed by atoms with Gasteiger partial charge < -0.3 is 4.42 Å². The molecule has 0 spiro atoms. The molecule has 0 bridgehead atoms. The Hall–Kier alpha value is -6.84. The largest absolute Gasteiger partial charge is 0.455 e. The maximum Gasteiger partial charge on any atom is 0.160 e. The van der Waals surface area contributed by atoms with E-state index in [1.807, 2.05) is 36.4 Å². The van der Waals surface area contributed by atoms with Crippen molar-refractivity contribution in [2.75, 3.05) is 0 Å². The minimum atomic E-state index is 0.687. The number of fused-ring (bicyclic) bond motifs is 5. The zero-order chi connectivity index (χ0) is 33.7. The molecule has 238 valence electrons. The van der Waals surface area contributed by atoms with Crippen LogP contribution in [0, 0.1) is 0 Å². The summed E-state index contributed by atoms with van der Waals surface area (Å²) in [5.74, 6) is 0.687. The molecule has 10 aromatic rings. The molecule has 0 amide bonds. The molecule has 0 saturated heterocycles. The Morgan fingerprint density at radius 2 is 0.941 bits per heavy atom. The molecule has 0 N–H and O–H groups in total. The number of furan rings is 1. The van der Waals surface area contributed by atoms with Crippen LogP contribution in [-0.4, -0.2) is 9.97 Å². The smallest absolute Gasteiger partial charge is 0.160 e. The van der Waals surface area contributed by atoms with E-state index >= 15 is 0 Å². The summed E-state index contributed by atoms with van der Waals surface area (Å²) in [5, 5.41) is 6.91. The summed E-state index contributed by atoms with van der Waals surface area (Å²) in [5.41, 5.74) is 11.0. The summed E-state index contributed by atoms with van der Waals surface area (Å²) in [6, 6.07) is 63.8. The van der Waals surface area contributed by atoms with Gasteiger partial charge in [0.25, 0.3) is 0 Å². The van der Waals surface area contributed by atoms with Crippen LogP contribution in [0.2, 0.25) is 0 Å². The van der Waals surface area contributed by atoms with Crippen molar-refractivity contribution in [1.29, 1.82) is 0 Å². The van der Waals surface area contributed by atoms with E-state index in [0.717, 1.165) is 66.5 Å². The third-order valence-corrected chi connectivity index (χ3v) is 9.89. The van der Waals surface area contributed by atoms with Gasteiger partial charge in [-0.25, -0.2) is 9.97 Å². The molecule has 51 heavy (non-hydrogen) atoms. The molecule has 3 nitrogen and oxygen atoms in total. The monoisotopic (exact) mass is 650 g/mol. The molecule has 0 aliphatic carbocycles. The van der Waals surface area contributed by atoms with Crippen LogP contribution in [0.25, 0.3) is 99.6 Å². The summed E-state index contributed by atoms with van der Waals surface area (Å²) in [4.78, 5) is 10.3. The van der Waals surface area contributed by atoms with Gasteiger partial charge in [-0.05, 0) is 62.5 Å². The van der Waals surface area contributed by atoms with E-state index < -0.39 is 0 Å². The van der Waals surface area contributed by atoms with Crippen molar-refractivity contribution < 1.29 is 4.42 Å². The zero-order valence-electron chi connectivity index (χ0n) is 27.6. The minimum Gasteiger partial charge on any atom is -0.455 e. The zero-order valence-corrected chi connectivity index (χ0v) is 27.6. The molecule has 2 heterocycles. The molecular weight excluding hydrogens is 621 g/mol. The van der Waals surface area contributed by atoms with Crippen LogP contribution < -0.4 is 0 Å². The lowest BCUT2D eigenvalue weighted by Crippen LogP contribution is -1.96. The molecule has 0 fully saturated rings. The average molecular weight is 651 g/mol. The van der Waals surface area contributed by atoms with Crippen LogP contribution in [0.4, 0.5) is 0 Å². The third-order valence-electron chi connectivity index (χ3n) is 9.89. The quantitative estimate of drug-likeness (QED) is 0.186. The van der Waals surface area contributed by atoms with Crippen LogP contribution >= 0.6 is 0 Å². The second-order valence-corrected chi connectivity index (χ2v) is 13.0. The first-order valence-electron chi connectivity index (χ1n) is 17.2. The number of hydrogen-bond acceptors (Lipinski definition) is 3. The lowest BCUT2D eigenvalue weighted by molar-refractivity contribution is 0.670. The van der Waals surface area contributed by atoms with Crippen molar-refractivity contribution in [1.82, 2.24) is 9.97 Å². The van der Waals surface area contributed by atoms with E-state index in [1.165, 1.54) is 27.3 Å². The Kier molecular flexibility index (Phi) is 6.81. The molecule has 3 heteroatoms. The van der Waals surface area contributed by atoms with Gasteiger partial charge >= 0.3 is 0 Å². The van der Waals surface area contributed by atoms with Crippen molar-refractivity contribution in [3.63, 3.8) is 0 Å². The SMILES string of the molecule is c1ccc(-c2cc(-c3ccc(-c4ccc(-c5cccc6ccccc56)cc4)c4oc5cc6ccccc6cc5c34)nc(-c3ccccc3)n2)cc1. The van der Waals surface area contributed by atoms with Gasteiger partial charge in [-0.1, -0.05) is 158 Å². The highest BCUT2D eigenvalue weighted by Gasteiger charge is 2.20. The molecule has 2 aromatic heterocycles. The van der Waals surface area contributed by atoms with E-state index in [0.29, 0.717) is 5.82 Å². The van der Waals surface area contributed by atoms with Gasteiger partial charge in [0.2, 0.25) is 0 Å². The lowest BCUT2D eigenvalue weighted by atomic mass is 9.93. The van der Waals surface area contributed by atoms with Gasteiger partial charge in [0.15, 0.2) is 5.82 Å². The topological polar surface area (TPSA) is 38.9 Å². The lowest BCUT2D eigenvalue weighted by Gasteiger charge is -2.12. The molecule has 10 rings (SSSR count). The van der Waals surface area contributed by atoms with Crippen LogP contribution in [0.3, 0.4) is 0 Å². The van der Waals surface area contributed by atoms with Crippen LogP contribution in [0.1, 0.15) is 0 Å². The number of nitrogens with zero attached hydrogens (tertiary/aromatic N) is 2. The first-order valence-corrected chi connectivity index (χ1v) is 17.2. The van der Waals surface area contributed by atoms with Crippen LogP contribution in [-0.2, 0) is 0 Å². The highest BCUT2D eigenvalue weighted by Crippen LogP contribution is 2.43. The van der Waals surface area contributed by atoms with E-state index in [9.17, 15) is 0 Å². The normalized spacial score (nSPS) is 11.5. The van der Waals surface area contributed by atoms with Crippen molar-refractivity contribution in [3.05, 3.63) is 182 Å². The Balaban J connectivity index is 1.20. The van der Waals surface area contributed by atoms with Gasteiger partial charge in [0.05, 0.1) is 11.4 Å². The standard InChI is InChI=1S/C48H30N2O/c1-3-13-34(14-4-1)43-30-44(50-48(49-43)35-15-5-2-6-16-35)41-27-26-40(47-46(41)42-28-36-17-7-8-18-37(36)29-45(42)51-47)33-24-22-32(23-25-33)39-21-11-19-31-12-9-10-20-38(31)39/h1-30H. The van der Waals surface area contributed by atoms with E-state index in [-0.39, 0.29) is 0 Å². The summed E-state index contributed by atoms with van der Waals surface area (Å²) in [7, 11) is 0. The second kappa shape index (κ2) is 11.9.